The lowest BCUT2D eigenvalue weighted by Crippen LogP contribution is -2.36. The second kappa shape index (κ2) is 9.99. The van der Waals surface area contributed by atoms with Gasteiger partial charge in [0, 0.05) is 43.2 Å². The molecule has 0 amide bonds. The molecular formula is C25H33BrN6O. The van der Waals surface area contributed by atoms with Crippen LogP contribution in [0.2, 0.25) is 0 Å². The van der Waals surface area contributed by atoms with Crippen molar-refractivity contribution in [1.29, 1.82) is 0 Å². The van der Waals surface area contributed by atoms with Crippen molar-refractivity contribution in [2.75, 3.05) is 50.1 Å². The first kappa shape index (κ1) is 22.6. The molecule has 5 rings (SSSR count). The number of piperidine rings is 2. The quantitative estimate of drug-likeness (QED) is 0.451. The zero-order valence-corrected chi connectivity index (χ0v) is 20.8. The zero-order valence-electron chi connectivity index (χ0n) is 19.2. The third-order valence-electron chi connectivity index (χ3n) is 7.19. The predicted octanol–water partition coefficient (Wildman–Crippen LogP) is 4.49. The van der Waals surface area contributed by atoms with Crippen LogP contribution in [-0.2, 0) is 0 Å². The fourth-order valence-corrected chi connectivity index (χ4v) is 5.46. The second-order valence-electron chi connectivity index (χ2n) is 9.48. The minimum atomic E-state index is 0.303. The highest BCUT2D eigenvalue weighted by Gasteiger charge is 2.21. The maximum Gasteiger partial charge on any atom is 0.159 e. The summed E-state index contributed by atoms with van der Waals surface area (Å²) in [5, 5.41) is 12.9. The second-order valence-corrected chi connectivity index (χ2v) is 10.3. The Bertz CT molecular complexity index is 1070. The number of halogens is 1. The van der Waals surface area contributed by atoms with Crippen LogP contribution < -0.4 is 10.2 Å². The summed E-state index contributed by atoms with van der Waals surface area (Å²) in [7, 11) is 2.18. The van der Waals surface area contributed by atoms with Crippen molar-refractivity contribution in [3.63, 3.8) is 0 Å². The molecule has 2 aromatic heterocycles. The Morgan fingerprint density at radius 2 is 1.82 bits per heavy atom. The number of anilines is 2. The molecular weight excluding hydrogens is 480 g/mol. The standard InChI is InChI=1S/C25H33BrN6O/c1-31-11-8-19(9-12-31)28-22-21(26)16-27-25-23(22)29-24(30-25)18-2-4-20(5-3-18)32-13-6-17(7-14-32)10-15-33/h2-5,16-17,19,33H,6-15H2,1H3,(H2,27,28,29,30). The third-order valence-corrected chi connectivity index (χ3v) is 7.79. The number of imidazole rings is 1. The molecule has 7 nitrogen and oxygen atoms in total. The first-order chi connectivity index (χ1) is 16.1. The maximum absolute atomic E-state index is 9.18. The molecule has 2 aliphatic heterocycles. The van der Waals surface area contributed by atoms with Gasteiger partial charge in [0.2, 0.25) is 0 Å². The van der Waals surface area contributed by atoms with Crippen molar-refractivity contribution in [2.45, 2.75) is 38.1 Å². The first-order valence-corrected chi connectivity index (χ1v) is 12.9. The fraction of sp³-hybridized carbons (Fsp3) is 0.520. The number of fused-ring (bicyclic) bond motifs is 1. The number of aromatic amines is 1. The Labute approximate surface area is 203 Å². The molecule has 0 atom stereocenters. The molecule has 1 aromatic carbocycles. The molecule has 2 fully saturated rings. The van der Waals surface area contributed by atoms with Crippen LogP contribution in [0.25, 0.3) is 22.6 Å². The lowest BCUT2D eigenvalue weighted by atomic mass is 9.93. The summed E-state index contributed by atoms with van der Waals surface area (Å²) < 4.78 is 0.951. The summed E-state index contributed by atoms with van der Waals surface area (Å²) in [4.78, 5) is 17.7. The number of rotatable bonds is 6. The van der Waals surface area contributed by atoms with Gasteiger partial charge in [-0.3, -0.25) is 0 Å². The third kappa shape index (κ3) is 5.03. The largest absolute Gasteiger partial charge is 0.396 e. The van der Waals surface area contributed by atoms with Crippen LogP contribution in [0.15, 0.2) is 34.9 Å². The van der Waals surface area contributed by atoms with E-state index in [1.807, 2.05) is 6.20 Å². The summed E-state index contributed by atoms with van der Waals surface area (Å²) in [5.74, 6) is 1.50. The van der Waals surface area contributed by atoms with Crippen molar-refractivity contribution >= 4 is 38.5 Å². The average Bonchev–Trinajstić information content (AvgIpc) is 3.28. The maximum atomic E-state index is 9.18. The van der Waals surface area contributed by atoms with Gasteiger partial charge in [0.1, 0.15) is 11.3 Å². The molecule has 2 saturated heterocycles. The van der Waals surface area contributed by atoms with Crippen LogP contribution in [-0.4, -0.2) is 70.8 Å². The van der Waals surface area contributed by atoms with E-state index in [4.69, 9.17) is 4.98 Å². The first-order valence-electron chi connectivity index (χ1n) is 12.1. The van der Waals surface area contributed by atoms with Gasteiger partial charge in [0.25, 0.3) is 0 Å². The van der Waals surface area contributed by atoms with E-state index in [1.54, 1.807) is 0 Å². The molecule has 0 unspecified atom stereocenters. The van der Waals surface area contributed by atoms with E-state index in [0.717, 1.165) is 91.0 Å². The van der Waals surface area contributed by atoms with Crippen LogP contribution in [0.3, 0.4) is 0 Å². The highest BCUT2D eigenvalue weighted by Crippen LogP contribution is 2.33. The molecule has 33 heavy (non-hydrogen) atoms. The number of H-pyrrole nitrogens is 1. The Morgan fingerprint density at radius 3 is 2.52 bits per heavy atom. The van der Waals surface area contributed by atoms with Gasteiger partial charge >= 0.3 is 0 Å². The smallest absolute Gasteiger partial charge is 0.159 e. The van der Waals surface area contributed by atoms with Crippen molar-refractivity contribution in [1.82, 2.24) is 19.9 Å². The molecule has 3 aromatic rings. The summed E-state index contributed by atoms with van der Waals surface area (Å²) in [6.45, 7) is 4.64. The number of aromatic nitrogens is 3. The van der Waals surface area contributed by atoms with Gasteiger partial charge in [-0.15, -0.1) is 0 Å². The lowest BCUT2D eigenvalue weighted by Gasteiger charge is -2.33. The lowest BCUT2D eigenvalue weighted by molar-refractivity contribution is 0.240. The molecule has 8 heteroatoms. The minimum Gasteiger partial charge on any atom is -0.396 e. The van der Waals surface area contributed by atoms with Gasteiger partial charge in [-0.1, -0.05) is 0 Å². The van der Waals surface area contributed by atoms with Crippen LogP contribution in [0.1, 0.15) is 32.1 Å². The molecule has 0 radical (unpaired) electrons. The van der Waals surface area contributed by atoms with Crippen molar-refractivity contribution in [3.8, 4) is 11.4 Å². The van der Waals surface area contributed by atoms with Gasteiger partial charge in [-0.2, -0.15) is 0 Å². The number of benzene rings is 1. The van der Waals surface area contributed by atoms with Gasteiger partial charge in [0.05, 0.1) is 10.2 Å². The van der Waals surface area contributed by atoms with Crippen molar-refractivity contribution < 1.29 is 5.11 Å². The summed E-state index contributed by atoms with van der Waals surface area (Å²) in [5.41, 5.74) is 5.03. The van der Waals surface area contributed by atoms with Gasteiger partial charge in [-0.05, 0) is 98.4 Å². The summed E-state index contributed by atoms with van der Waals surface area (Å²) in [6.07, 6.45) is 7.34. The van der Waals surface area contributed by atoms with Crippen LogP contribution in [0.4, 0.5) is 11.4 Å². The highest BCUT2D eigenvalue weighted by molar-refractivity contribution is 9.10. The number of pyridine rings is 1. The van der Waals surface area contributed by atoms with E-state index >= 15 is 0 Å². The molecule has 4 heterocycles. The zero-order chi connectivity index (χ0) is 22.8. The van der Waals surface area contributed by atoms with E-state index in [-0.39, 0.29) is 0 Å². The molecule has 176 valence electrons. The average molecular weight is 513 g/mol. The minimum absolute atomic E-state index is 0.303. The molecule has 0 aliphatic carbocycles. The predicted molar refractivity (Wildman–Crippen MR) is 138 cm³/mol. The number of aliphatic hydroxyl groups is 1. The number of nitrogens with zero attached hydrogens (tertiary/aromatic N) is 4. The number of nitrogens with one attached hydrogen (secondary N) is 2. The Hall–Kier alpha value is -2.16. The van der Waals surface area contributed by atoms with Gasteiger partial charge in [-0.25, -0.2) is 9.97 Å². The number of hydrogen-bond donors (Lipinski definition) is 3. The Morgan fingerprint density at radius 1 is 1.09 bits per heavy atom. The van der Waals surface area contributed by atoms with Crippen LogP contribution >= 0.6 is 15.9 Å². The van der Waals surface area contributed by atoms with E-state index in [0.29, 0.717) is 18.6 Å². The van der Waals surface area contributed by atoms with Crippen LogP contribution in [0.5, 0.6) is 0 Å². The SMILES string of the molecule is CN1CCC(Nc2c(Br)cnc3[nH]c(-c4ccc(N5CCC(CCO)CC5)cc4)nc23)CC1. The van der Waals surface area contributed by atoms with Crippen LogP contribution in [0, 0.1) is 5.92 Å². The van der Waals surface area contributed by atoms with E-state index < -0.39 is 0 Å². The summed E-state index contributed by atoms with van der Waals surface area (Å²) >= 11 is 3.68. The number of likely N-dealkylation sites (tertiary alicyclic amines) is 1. The normalized spacial score (nSPS) is 18.8. The molecule has 0 saturated carbocycles. The topological polar surface area (TPSA) is 80.3 Å². The van der Waals surface area contributed by atoms with Gasteiger partial charge < -0.3 is 25.2 Å². The van der Waals surface area contributed by atoms with E-state index in [2.05, 4.69) is 72.3 Å². The van der Waals surface area contributed by atoms with Crippen molar-refractivity contribution in [2.24, 2.45) is 5.92 Å². The van der Waals surface area contributed by atoms with E-state index in [9.17, 15) is 5.11 Å². The van der Waals surface area contributed by atoms with Crippen molar-refractivity contribution in [3.05, 3.63) is 34.9 Å². The number of hydrogen-bond acceptors (Lipinski definition) is 6. The number of aliphatic hydroxyl groups excluding tert-OH is 1. The van der Waals surface area contributed by atoms with Gasteiger partial charge in [0.15, 0.2) is 5.65 Å². The Kier molecular flexibility index (Phi) is 6.85. The monoisotopic (exact) mass is 512 g/mol. The fourth-order valence-electron chi connectivity index (χ4n) is 5.05. The highest BCUT2D eigenvalue weighted by atomic mass is 79.9. The summed E-state index contributed by atoms with van der Waals surface area (Å²) in [6, 6.07) is 9.12. The Balaban J connectivity index is 1.33. The molecule has 2 aliphatic rings. The molecule has 0 spiro atoms. The van der Waals surface area contributed by atoms with E-state index in [1.165, 1.54) is 5.69 Å². The molecule has 0 bridgehead atoms. The molecule has 3 N–H and O–H groups in total.